The van der Waals surface area contributed by atoms with Crippen LogP contribution in [-0.2, 0) is 0 Å². The van der Waals surface area contributed by atoms with Crippen molar-refractivity contribution in [3.8, 4) is 5.75 Å². The van der Waals surface area contributed by atoms with Crippen LogP contribution in [0.25, 0.3) is 0 Å². The second-order valence-electron chi connectivity index (χ2n) is 5.22. The summed E-state index contributed by atoms with van der Waals surface area (Å²) in [5.74, 6) is 0.00462. The molecule has 1 aromatic rings. The van der Waals surface area contributed by atoms with Crippen LogP contribution in [-0.4, -0.2) is 42.4 Å². The van der Waals surface area contributed by atoms with E-state index in [-0.39, 0.29) is 11.3 Å². The molecule has 6 heteroatoms. The maximum absolute atomic E-state index is 13.5. The zero-order chi connectivity index (χ0) is 14.9. The average molecular weight is 288 g/mol. The fourth-order valence-corrected chi connectivity index (χ4v) is 2.88. The van der Waals surface area contributed by atoms with Crippen LogP contribution in [0.1, 0.15) is 22.7 Å². The van der Waals surface area contributed by atoms with Crippen molar-refractivity contribution in [1.29, 1.82) is 0 Å². The van der Waals surface area contributed by atoms with E-state index in [1.807, 2.05) is 0 Å². The van der Waals surface area contributed by atoms with Gasteiger partial charge in [0, 0.05) is 26.2 Å². The van der Waals surface area contributed by atoms with E-state index in [1.54, 1.807) is 13.8 Å². The Bertz CT molecular complexity index is 459. The maximum atomic E-state index is 13.5. The Kier molecular flexibility index (Phi) is 4.25. The van der Waals surface area contributed by atoms with Gasteiger partial charge in [-0.3, -0.25) is 4.90 Å². The van der Waals surface area contributed by atoms with Crippen molar-refractivity contribution in [2.24, 2.45) is 0 Å². The second-order valence-corrected chi connectivity index (χ2v) is 5.22. The highest BCUT2D eigenvalue weighted by atomic mass is 19.4. The van der Waals surface area contributed by atoms with Crippen LogP contribution in [0, 0.1) is 13.8 Å². The largest absolute Gasteiger partial charge is 0.508 e. The van der Waals surface area contributed by atoms with Crippen molar-refractivity contribution < 1.29 is 18.3 Å². The summed E-state index contributed by atoms with van der Waals surface area (Å²) in [5.41, 5.74) is 1.21. The highest BCUT2D eigenvalue weighted by Gasteiger charge is 2.46. The summed E-state index contributed by atoms with van der Waals surface area (Å²) in [7, 11) is 0. The Labute approximate surface area is 116 Å². The van der Waals surface area contributed by atoms with Gasteiger partial charge in [0.1, 0.15) is 11.8 Å². The number of nitrogens with one attached hydrogen (secondary N) is 1. The number of aromatic hydroxyl groups is 1. The number of phenols is 1. The molecule has 1 heterocycles. The van der Waals surface area contributed by atoms with Crippen LogP contribution in [0.15, 0.2) is 12.1 Å². The molecule has 0 unspecified atom stereocenters. The molecule has 0 bridgehead atoms. The van der Waals surface area contributed by atoms with Crippen molar-refractivity contribution in [2.45, 2.75) is 26.1 Å². The van der Waals surface area contributed by atoms with Gasteiger partial charge in [-0.2, -0.15) is 13.2 Å². The average Bonchev–Trinajstić information content (AvgIpc) is 2.33. The van der Waals surface area contributed by atoms with Gasteiger partial charge in [0.25, 0.3) is 0 Å². The minimum Gasteiger partial charge on any atom is -0.508 e. The van der Waals surface area contributed by atoms with Gasteiger partial charge >= 0.3 is 6.18 Å². The molecule has 0 saturated carbocycles. The molecule has 0 radical (unpaired) electrons. The molecule has 2 rings (SSSR count). The number of benzene rings is 1. The number of halogens is 3. The van der Waals surface area contributed by atoms with Crippen LogP contribution in [0.2, 0.25) is 0 Å². The summed E-state index contributed by atoms with van der Waals surface area (Å²) < 4.78 is 40.6. The van der Waals surface area contributed by atoms with Crippen molar-refractivity contribution in [2.75, 3.05) is 26.2 Å². The SMILES string of the molecule is Cc1cc(O)cc(C)c1[C@H](N1CCNCC1)C(F)(F)F. The molecule has 2 N–H and O–H groups in total. The van der Waals surface area contributed by atoms with Gasteiger partial charge in [-0.05, 0) is 42.7 Å². The van der Waals surface area contributed by atoms with Crippen molar-refractivity contribution in [3.63, 3.8) is 0 Å². The molecule has 1 aliphatic rings. The number of rotatable bonds is 2. The predicted molar refractivity (Wildman–Crippen MR) is 70.8 cm³/mol. The highest BCUT2D eigenvalue weighted by Crippen LogP contribution is 2.41. The molecule has 1 saturated heterocycles. The van der Waals surface area contributed by atoms with Gasteiger partial charge in [0.15, 0.2) is 0 Å². The first-order chi connectivity index (χ1) is 9.30. The standard InChI is InChI=1S/C14H19F3N2O/c1-9-7-11(20)8-10(2)12(9)13(14(15,16)17)19-5-3-18-4-6-19/h7-8,13,18,20H,3-6H2,1-2H3/t13-/m0/s1. The van der Waals surface area contributed by atoms with Gasteiger partial charge in [-0.1, -0.05) is 0 Å². The number of phenolic OH excluding ortho intramolecular Hbond substituents is 1. The number of hydrogen-bond acceptors (Lipinski definition) is 3. The monoisotopic (exact) mass is 288 g/mol. The molecule has 112 valence electrons. The molecule has 1 atom stereocenters. The molecular weight excluding hydrogens is 269 g/mol. The van der Waals surface area contributed by atoms with E-state index in [0.717, 1.165) is 0 Å². The lowest BCUT2D eigenvalue weighted by Gasteiger charge is -2.37. The van der Waals surface area contributed by atoms with E-state index in [0.29, 0.717) is 37.3 Å². The highest BCUT2D eigenvalue weighted by molar-refractivity contribution is 5.43. The quantitative estimate of drug-likeness (QED) is 0.878. The Morgan fingerprint density at radius 2 is 1.65 bits per heavy atom. The fraction of sp³-hybridized carbons (Fsp3) is 0.571. The molecule has 20 heavy (non-hydrogen) atoms. The van der Waals surface area contributed by atoms with Crippen LogP contribution in [0.5, 0.6) is 5.75 Å². The van der Waals surface area contributed by atoms with Gasteiger partial charge < -0.3 is 10.4 Å². The van der Waals surface area contributed by atoms with Crippen molar-refractivity contribution in [1.82, 2.24) is 10.2 Å². The van der Waals surface area contributed by atoms with Gasteiger partial charge in [0.05, 0.1) is 0 Å². The third-order valence-corrected chi connectivity index (χ3v) is 3.68. The van der Waals surface area contributed by atoms with E-state index in [2.05, 4.69) is 5.32 Å². The number of nitrogens with zero attached hydrogens (tertiary/aromatic N) is 1. The Balaban J connectivity index is 2.46. The van der Waals surface area contributed by atoms with Gasteiger partial charge in [0.2, 0.25) is 0 Å². The number of piperazine rings is 1. The molecule has 1 aliphatic heterocycles. The van der Waals surface area contributed by atoms with Gasteiger partial charge in [-0.15, -0.1) is 0 Å². The Morgan fingerprint density at radius 3 is 2.10 bits per heavy atom. The third-order valence-electron chi connectivity index (χ3n) is 3.68. The Morgan fingerprint density at radius 1 is 1.15 bits per heavy atom. The van der Waals surface area contributed by atoms with E-state index in [9.17, 15) is 18.3 Å². The first-order valence-electron chi connectivity index (χ1n) is 6.62. The lowest BCUT2D eigenvalue weighted by molar-refractivity contribution is -0.188. The summed E-state index contributed by atoms with van der Waals surface area (Å²) >= 11 is 0. The van der Waals surface area contributed by atoms with E-state index >= 15 is 0 Å². The molecule has 0 aromatic heterocycles. The van der Waals surface area contributed by atoms with Crippen LogP contribution >= 0.6 is 0 Å². The molecule has 0 spiro atoms. The molecule has 0 aliphatic carbocycles. The third kappa shape index (κ3) is 3.07. The number of alkyl halides is 3. The molecule has 1 fully saturated rings. The topological polar surface area (TPSA) is 35.5 Å². The summed E-state index contributed by atoms with van der Waals surface area (Å²) in [6.07, 6.45) is -4.33. The number of hydrogen-bond donors (Lipinski definition) is 2. The first-order valence-corrected chi connectivity index (χ1v) is 6.62. The van der Waals surface area contributed by atoms with E-state index < -0.39 is 12.2 Å². The first kappa shape index (κ1) is 15.1. The molecule has 0 amide bonds. The zero-order valence-electron chi connectivity index (χ0n) is 11.6. The lowest BCUT2D eigenvalue weighted by Crippen LogP contribution is -2.49. The van der Waals surface area contributed by atoms with Gasteiger partial charge in [-0.25, -0.2) is 0 Å². The maximum Gasteiger partial charge on any atom is 0.408 e. The fourth-order valence-electron chi connectivity index (χ4n) is 2.88. The van der Waals surface area contributed by atoms with Crippen molar-refractivity contribution >= 4 is 0 Å². The minimum absolute atomic E-state index is 0.00462. The minimum atomic E-state index is -4.33. The summed E-state index contributed by atoms with van der Waals surface area (Å²) in [4.78, 5) is 1.46. The zero-order valence-corrected chi connectivity index (χ0v) is 11.6. The Hall–Kier alpha value is -1.27. The van der Waals surface area contributed by atoms with E-state index in [4.69, 9.17) is 0 Å². The van der Waals surface area contributed by atoms with Crippen LogP contribution in [0.3, 0.4) is 0 Å². The molecule has 3 nitrogen and oxygen atoms in total. The summed E-state index contributed by atoms with van der Waals surface area (Å²) in [5, 5.41) is 12.6. The summed E-state index contributed by atoms with van der Waals surface area (Å²) in [6, 6.07) is 1.18. The summed E-state index contributed by atoms with van der Waals surface area (Å²) in [6.45, 7) is 5.07. The normalized spacial score (nSPS) is 19.1. The van der Waals surface area contributed by atoms with Crippen molar-refractivity contribution in [3.05, 3.63) is 28.8 Å². The number of aryl methyl sites for hydroxylation is 2. The lowest BCUT2D eigenvalue weighted by atomic mass is 9.93. The molecule has 1 aromatic carbocycles. The second kappa shape index (κ2) is 5.61. The van der Waals surface area contributed by atoms with E-state index in [1.165, 1.54) is 17.0 Å². The predicted octanol–water partition coefficient (Wildman–Crippen LogP) is 2.52. The molecular formula is C14H19F3N2O. The van der Waals surface area contributed by atoms with Crippen LogP contribution in [0.4, 0.5) is 13.2 Å². The smallest absolute Gasteiger partial charge is 0.408 e. The van der Waals surface area contributed by atoms with Crippen LogP contribution < -0.4 is 5.32 Å².